The van der Waals surface area contributed by atoms with Crippen LogP contribution >= 0.6 is 0 Å². The van der Waals surface area contributed by atoms with E-state index in [0.29, 0.717) is 0 Å². The largest absolute Gasteiger partial charge is 0.448 e. The molecular formula is C11H11F3N4O6. The summed E-state index contributed by atoms with van der Waals surface area (Å²) >= 11 is 0. The van der Waals surface area contributed by atoms with Crippen LogP contribution in [0.1, 0.15) is 5.56 Å². The molecule has 10 nitrogen and oxygen atoms in total. The first-order valence-corrected chi connectivity index (χ1v) is 6.20. The molecule has 24 heavy (non-hydrogen) atoms. The minimum Gasteiger partial charge on any atom is -0.448 e. The second-order valence-corrected chi connectivity index (χ2v) is 4.21. The summed E-state index contributed by atoms with van der Waals surface area (Å²) in [5.74, 6) is 0. The second-order valence-electron chi connectivity index (χ2n) is 4.21. The van der Waals surface area contributed by atoms with E-state index in [-0.39, 0.29) is 25.3 Å². The minimum absolute atomic E-state index is 0.189. The van der Waals surface area contributed by atoms with Crippen molar-refractivity contribution in [3.63, 3.8) is 0 Å². The zero-order valence-corrected chi connectivity index (χ0v) is 12.0. The first-order chi connectivity index (χ1) is 11.1. The van der Waals surface area contributed by atoms with Crippen molar-refractivity contribution in [1.82, 2.24) is 5.32 Å². The molecular weight excluding hydrogens is 341 g/mol. The number of carbonyl (C=O) groups excluding carboxylic acids is 1. The van der Waals surface area contributed by atoms with E-state index >= 15 is 0 Å². The molecule has 1 aromatic rings. The number of rotatable bonds is 6. The summed E-state index contributed by atoms with van der Waals surface area (Å²) in [6.45, 7) is -0.616. The maximum Gasteiger partial charge on any atom is 0.416 e. The number of hydrogen-bond donors (Lipinski definition) is 2. The number of nitro benzene ring substituents is 2. The van der Waals surface area contributed by atoms with E-state index in [0.717, 1.165) is 0 Å². The fraction of sp³-hybridized carbons (Fsp3) is 0.364. The number of carbonyl (C=O) groups is 1. The quantitative estimate of drug-likeness (QED) is 0.455. The van der Waals surface area contributed by atoms with Crippen LogP contribution in [0.3, 0.4) is 0 Å². The number of amides is 1. The third-order valence-corrected chi connectivity index (χ3v) is 2.66. The van der Waals surface area contributed by atoms with Gasteiger partial charge in [-0.15, -0.1) is 0 Å². The van der Waals surface area contributed by atoms with Gasteiger partial charge >= 0.3 is 12.3 Å². The van der Waals surface area contributed by atoms with Gasteiger partial charge in [-0.2, -0.15) is 13.2 Å². The highest BCUT2D eigenvalue weighted by Gasteiger charge is 2.37. The molecule has 0 aliphatic heterocycles. The highest BCUT2D eigenvalue weighted by molar-refractivity contribution is 5.75. The van der Waals surface area contributed by atoms with E-state index in [1.807, 2.05) is 0 Å². The van der Waals surface area contributed by atoms with Gasteiger partial charge in [-0.3, -0.25) is 20.2 Å². The molecule has 0 aliphatic rings. The average molecular weight is 352 g/mol. The molecule has 0 spiro atoms. The van der Waals surface area contributed by atoms with Crippen LogP contribution in [-0.4, -0.2) is 36.1 Å². The summed E-state index contributed by atoms with van der Waals surface area (Å²) in [4.78, 5) is 30.4. The molecule has 0 aromatic heterocycles. The fourth-order valence-electron chi connectivity index (χ4n) is 1.64. The number of nitrogens with zero attached hydrogens (tertiary/aromatic N) is 2. The number of alkyl halides is 3. The van der Waals surface area contributed by atoms with Gasteiger partial charge in [0.25, 0.3) is 11.4 Å². The molecule has 1 rings (SSSR count). The lowest BCUT2D eigenvalue weighted by Crippen LogP contribution is -2.22. The zero-order chi connectivity index (χ0) is 18.5. The van der Waals surface area contributed by atoms with E-state index in [1.54, 1.807) is 0 Å². The van der Waals surface area contributed by atoms with Gasteiger partial charge < -0.3 is 15.4 Å². The number of benzene rings is 1. The summed E-state index contributed by atoms with van der Waals surface area (Å²) < 4.78 is 42.7. The lowest BCUT2D eigenvalue weighted by atomic mass is 10.1. The van der Waals surface area contributed by atoms with Gasteiger partial charge in [-0.1, -0.05) is 0 Å². The van der Waals surface area contributed by atoms with Crippen molar-refractivity contribution in [1.29, 1.82) is 0 Å². The number of halogens is 3. The molecule has 132 valence electrons. The molecule has 13 heteroatoms. The standard InChI is InChI=1S/C11H11F3N4O6/c1-15-10(19)24-3-2-16-9-7(17(20)21)4-6(11(12,13)14)5-8(9)18(22)23/h4-5,16H,2-3H2,1H3,(H,15,19). The lowest BCUT2D eigenvalue weighted by molar-refractivity contribution is -0.392. The van der Waals surface area contributed by atoms with Crippen LogP contribution in [0, 0.1) is 20.2 Å². The fourth-order valence-corrected chi connectivity index (χ4v) is 1.64. The third kappa shape index (κ3) is 4.69. The van der Waals surface area contributed by atoms with Crippen molar-refractivity contribution in [3.05, 3.63) is 37.9 Å². The number of hydrogen-bond acceptors (Lipinski definition) is 7. The molecule has 0 heterocycles. The molecule has 0 fully saturated rings. The number of nitrogens with one attached hydrogen (secondary N) is 2. The Labute approximate surface area is 131 Å². The van der Waals surface area contributed by atoms with Gasteiger partial charge in [-0.25, -0.2) is 4.79 Å². The van der Waals surface area contributed by atoms with Crippen LogP contribution in [0.5, 0.6) is 0 Å². The number of alkyl carbamates (subject to hydrolysis) is 1. The van der Waals surface area contributed by atoms with Crippen LogP contribution in [0.2, 0.25) is 0 Å². The predicted molar refractivity (Wildman–Crippen MR) is 73.7 cm³/mol. The molecule has 0 radical (unpaired) electrons. The smallest absolute Gasteiger partial charge is 0.416 e. The van der Waals surface area contributed by atoms with Gasteiger partial charge in [0.05, 0.1) is 15.4 Å². The van der Waals surface area contributed by atoms with Gasteiger partial charge in [-0.05, 0) is 0 Å². The predicted octanol–water partition coefficient (Wildman–Crippen LogP) is 2.29. The van der Waals surface area contributed by atoms with E-state index in [4.69, 9.17) is 0 Å². The monoisotopic (exact) mass is 352 g/mol. The van der Waals surface area contributed by atoms with Crippen LogP contribution in [0.25, 0.3) is 0 Å². The van der Waals surface area contributed by atoms with Gasteiger partial charge in [0.15, 0.2) is 5.69 Å². The van der Waals surface area contributed by atoms with Gasteiger partial charge in [0.2, 0.25) is 0 Å². The normalized spacial score (nSPS) is 10.8. The van der Waals surface area contributed by atoms with Crippen LogP contribution < -0.4 is 10.6 Å². The van der Waals surface area contributed by atoms with E-state index in [2.05, 4.69) is 15.4 Å². The van der Waals surface area contributed by atoms with Crippen molar-refractivity contribution in [3.8, 4) is 0 Å². The Morgan fingerprint density at radius 1 is 1.21 bits per heavy atom. The third-order valence-electron chi connectivity index (χ3n) is 2.66. The summed E-state index contributed by atoms with van der Waals surface area (Å²) in [5.41, 5.74) is -4.46. The lowest BCUT2D eigenvalue weighted by Gasteiger charge is -2.11. The number of nitro groups is 2. The first kappa shape index (κ1) is 18.9. The Balaban J connectivity index is 3.18. The molecule has 0 bridgehead atoms. The molecule has 1 aromatic carbocycles. The molecule has 2 N–H and O–H groups in total. The van der Waals surface area contributed by atoms with Crippen LogP contribution in [0.4, 0.5) is 35.0 Å². The van der Waals surface area contributed by atoms with E-state index < -0.39 is 44.7 Å². The van der Waals surface area contributed by atoms with E-state index in [1.165, 1.54) is 7.05 Å². The van der Waals surface area contributed by atoms with Crippen molar-refractivity contribution < 1.29 is 32.5 Å². The number of anilines is 1. The Hall–Kier alpha value is -3.12. The molecule has 0 saturated heterocycles. The molecule has 0 unspecified atom stereocenters. The zero-order valence-electron chi connectivity index (χ0n) is 12.0. The Bertz CT molecular complexity index is 629. The topological polar surface area (TPSA) is 137 Å². The SMILES string of the molecule is CNC(=O)OCCNc1c([N+](=O)[O-])cc(C(F)(F)F)cc1[N+](=O)[O-]. The molecule has 1 amide bonds. The van der Waals surface area contributed by atoms with Gasteiger partial charge in [0.1, 0.15) is 6.61 Å². The first-order valence-electron chi connectivity index (χ1n) is 6.20. The van der Waals surface area contributed by atoms with Crippen molar-refractivity contribution in [2.75, 3.05) is 25.5 Å². The average Bonchev–Trinajstić information content (AvgIpc) is 2.49. The maximum atomic E-state index is 12.7. The molecule has 0 aliphatic carbocycles. The van der Waals surface area contributed by atoms with Gasteiger partial charge in [0, 0.05) is 25.7 Å². The second kappa shape index (κ2) is 7.43. The highest BCUT2D eigenvalue weighted by atomic mass is 19.4. The van der Waals surface area contributed by atoms with E-state index in [9.17, 15) is 38.2 Å². The van der Waals surface area contributed by atoms with Crippen molar-refractivity contribution >= 4 is 23.2 Å². The highest BCUT2D eigenvalue weighted by Crippen LogP contribution is 2.40. The number of ether oxygens (including phenoxy) is 1. The molecule has 0 atom stereocenters. The van der Waals surface area contributed by atoms with Crippen molar-refractivity contribution in [2.24, 2.45) is 0 Å². The van der Waals surface area contributed by atoms with Crippen LogP contribution in [-0.2, 0) is 10.9 Å². The summed E-state index contributed by atoms with van der Waals surface area (Å²) in [6, 6.07) is 0.379. The summed E-state index contributed by atoms with van der Waals surface area (Å²) in [5, 5.41) is 26.3. The Morgan fingerprint density at radius 2 is 1.71 bits per heavy atom. The maximum absolute atomic E-state index is 12.7. The Kier molecular flexibility index (Phi) is 5.86. The minimum atomic E-state index is -4.99. The van der Waals surface area contributed by atoms with Crippen LogP contribution in [0.15, 0.2) is 12.1 Å². The van der Waals surface area contributed by atoms with Crippen molar-refractivity contribution in [2.45, 2.75) is 6.18 Å². The molecule has 0 saturated carbocycles. The summed E-state index contributed by atoms with van der Waals surface area (Å²) in [7, 11) is 1.28. The Morgan fingerprint density at radius 3 is 2.08 bits per heavy atom. The summed E-state index contributed by atoms with van der Waals surface area (Å²) in [6.07, 6.45) is -5.80.